The van der Waals surface area contributed by atoms with E-state index in [-0.39, 0.29) is 48.3 Å². The molecule has 3 heteroatoms. The summed E-state index contributed by atoms with van der Waals surface area (Å²) in [6.07, 6.45) is 1.04. The Morgan fingerprint density at radius 2 is 1.75 bits per heavy atom. The molecule has 0 saturated heterocycles. The van der Waals surface area contributed by atoms with E-state index in [2.05, 4.69) is 13.8 Å². The molecule has 0 aromatic heterocycles. The molecule has 0 heterocycles. The second-order valence-electron chi connectivity index (χ2n) is 4.40. The summed E-state index contributed by atoms with van der Waals surface area (Å²) in [4.78, 5) is 10.8. The Hall–Kier alpha value is 0.171. The van der Waals surface area contributed by atoms with Crippen LogP contribution < -0.4 is 0 Å². The van der Waals surface area contributed by atoms with Crippen molar-refractivity contribution < 1.29 is 12.8 Å². The molecule has 86 valence electrons. The van der Waals surface area contributed by atoms with Gasteiger partial charge in [-0.25, -0.2) is 0 Å². The monoisotopic (exact) mass is 296 g/mol. The Kier molecular flexibility index (Phi) is 7.57. The van der Waals surface area contributed by atoms with Gasteiger partial charge in [0, 0.05) is 0 Å². The van der Waals surface area contributed by atoms with Gasteiger partial charge in [-0.3, -0.25) is 4.79 Å². The molecule has 0 spiro atoms. The van der Waals surface area contributed by atoms with E-state index in [1.807, 2.05) is 24.3 Å². The molecule has 0 aliphatic rings. The van der Waals surface area contributed by atoms with Crippen molar-refractivity contribution in [1.82, 2.24) is 0 Å². The minimum atomic E-state index is -0.772. The smallest absolute Gasteiger partial charge is 1.00 e. The summed E-state index contributed by atoms with van der Waals surface area (Å²) >= 11 is 0. The molecule has 0 fully saturated rings. The predicted molar refractivity (Wildman–Crippen MR) is 69.0 cm³/mol. The molecule has 1 aromatic carbocycles. The average Bonchev–Trinajstić information content (AvgIpc) is 2.17. The molecular weight excluding hydrogens is 276 g/mol. The zero-order chi connectivity index (χ0) is 11.4. The van der Waals surface area contributed by atoms with E-state index in [4.69, 9.17) is 5.11 Å². The first-order valence-corrected chi connectivity index (χ1v) is 5.32. The number of carbonyl (C=O) groups is 1. The summed E-state index contributed by atoms with van der Waals surface area (Å²) in [7, 11) is 0. The minimum absolute atomic E-state index is 0. The first kappa shape index (κ1) is 16.2. The van der Waals surface area contributed by atoms with E-state index in [1.54, 1.807) is 6.92 Å². The molecular formula is C13H20O2Sr. The number of benzene rings is 1. The topological polar surface area (TPSA) is 37.3 Å². The molecule has 0 bridgehead atoms. The molecule has 1 atom stereocenters. The fraction of sp³-hybridized carbons (Fsp3) is 0.462. The van der Waals surface area contributed by atoms with Gasteiger partial charge in [-0.05, 0) is 30.4 Å². The van der Waals surface area contributed by atoms with Crippen LogP contribution in [0.5, 0.6) is 0 Å². The molecule has 0 aliphatic heterocycles. The second kappa shape index (κ2) is 7.49. The Morgan fingerprint density at radius 3 is 2.12 bits per heavy atom. The number of hydrogen-bond donors (Lipinski definition) is 1. The fourth-order valence-electron chi connectivity index (χ4n) is 1.56. The van der Waals surface area contributed by atoms with Crippen LogP contribution in [0, 0.1) is 5.92 Å². The van der Waals surface area contributed by atoms with Crippen LogP contribution in [-0.2, 0) is 11.2 Å². The Labute approximate surface area is 137 Å². The van der Waals surface area contributed by atoms with Gasteiger partial charge in [-0.2, -0.15) is 0 Å². The molecule has 1 N–H and O–H groups in total. The average molecular weight is 296 g/mol. The van der Waals surface area contributed by atoms with Crippen molar-refractivity contribution in [3.8, 4) is 0 Å². The Bertz CT molecular complexity index is 339. The third-order valence-electron chi connectivity index (χ3n) is 2.49. The van der Waals surface area contributed by atoms with Crippen molar-refractivity contribution in [3.63, 3.8) is 0 Å². The van der Waals surface area contributed by atoms with E-state index in [0.29, 0.717) is 5.92 Å². The second-order valence-corrected chi connectivity index (χ2v) is 4.40. The maximum absolute atomic E-state index is 10.8. The number of rotatable bonds is 4. The molecule has 1 rings (SSSR count). The van der Waals surface area contributed by atoms with Crippen LogP contribution >= 0.6 is 0 Å². The van der Waals surface area contributed by atoms with Crippen molar-refractivity contribution in [2.75, 3.05) is 0 Å². The van der Waals surface area contributed by atoms with Crippen molar-refractivity contribution in [3.05, 3.63) is 35.4 Å². The third-order valence-corrected chi connectivity index (χ3v) is 2.49. The van der Waals surface area contributed by atoms with E-state index < -0.39 is 11.9 Å². The van der Waals surface area contributed by atoms with Crippen LogP contribution in [0.2, 0.25) is 0 Å². The van der Waals surface area contributed by atoms with Crippen molar-refractivity contribution >= 4 is 51.5 Å². The zero-order valence-corrected chi connectivity index (χ0v) is 13.7. The summed E-state index contributed by atoms with van der Waals surface area (Å²) in [5.41, 5.74) is 2.14. The van der Waals surface area contributed by atoms with Crippen LogP contribution in [0.3, 0.4) is 0 Å². The van der Waals surface area contributed by atoms with E-state index in [1.165, 1.54) is 5.56 Å². The molecule has 1 unspecified atom stereocenters. The maximum Gasteiger partial charge on any atom is 2.00 e. The van der Waals surface area contributed by atoms with Crippen molar-refractivity contribution in [2.24, 2.45) is 5.92 Å². The van der Waals surface area contributed by atoms with Gasteiger partial charge in [0.1, 0.15) is 0 Å². The van der Waals surface area contributed by atoms with Crippen LogP contribution in [0.4, 0.5) is 0 Å². The van der Waals surface area contributed by atoms with Crippen LogP contribution in [0.25, 0.3) is 0 Å². The van der Waals surface area contributed by atoms with Gasteiger partial charge in [0.05, 0.1) is 5.92 Å². The van der Waals surface area contributed by atoms with Gasteiger partial charge in [0.2, 0.25) is 0 Å². The van der Waals surface area contributed by atoms with Crippen molar-refractivity contribution in [2.45, 2.75) is 33.1 Å². The van der Waals surface area contributed by atoms with E-state index >= 15 is 0 Å². The number of carboxylic acids is 1. The van der Waals surface area contributed by atoms with Crippen molar-refractivity contribution in [1.29, 1.82) is 0 Å². The molecule has 0 aliphatic carbocycles. The third kappa shape index (κ3) is 5.00. The molecule has 0 amide bonds. The Balaban J connectivity index is -0.000000750. The van der Waals surface area contributed by atoms with E-state index in [0.717, 1.165) is 12.0 Å². The summed E-state index contributed by atoms with van der Waals surface area (Å²) in [5.74, 6) is -0.558. The standard InChI is InChI=1S/C13H18O2.Sr.2H/c1-9(2)8-11-4-6-12(7-5-11)10(3)13(14)15;;;/h4-7,9-10H,8H2,1-3H3,(H,14,15);;;/q;+2;2*-1. The number of carboxylic acid groups (broad SMARTS) is 1. The quantitative estimate of drug-likeness (QED) is 0.867. The predicted octanol–water partition coefficient (Wildman–Crippen LogP) is 2.92. The summed E-state index contributed by atoms with van der Waals surface area (Å²) in [6, 6.07) is 7.87. The number of hydrogen-bond acceptors (Lipinski definition) is 1. The largest absolute Gasteiger partial charge is 2.00 e. The first-order chi connectivity index (χ1) is 7.00. The van der Waals surface area contributed by atoms with Gasteiger partial charge in [-0.15, -0.1) is 0 Å². The van der Waals surface area contributed by atoms with Gasteiger partial charge in [0.25, 0.3) is 0 Å². The maximum atomic E-state index is 10.8. The molecule has 1 aromatic rings. The summed E-state index contributed by atoms with van der Waals surface area (Å²) in [6.45, 7) is 6.06. The molecule has 0 radical (unpaired) electrons. The van der Waals surface area contributed by atoms with Gasteiger partial charge >= 0.3 is 51.5 Å². The molecule has 0 saturated carbocycles. The first-order valence-electron chi connectivity index (χ1n) is 5.32. The number of aliphatic carboxylic acids is 1. The normalized spacial score (nSPS) is 12.0. The van der Waals surface area contributed by atoms with Crippen LogP contribution in [0.1, 0.15) is 40.7 Å². The summed E-state index contributed by atoms with van der Waals surface area (Å²) < 4.78 is 0. The molecule has 2 nitrogen and oxygen atoms in total. The minimum Gasteiger partial charge on any atom is -1.00 e. The zero-order valence-electron chi connectivity index (χ0n) is 12.2. The SMILES string of the molecule is CC(C)Cc1ccc(C(C)C(=O)O)cc1.[H-].[H-].[Sr+2]. The molecule has 16 heavy (non-hydrogen) atoms. The van der Waals surface area contributed by atoms with E-state index in [9.17, 15) is 4.79 Å². The van der Waals surface area contributed by atoms with Gasteiger partial charge in [0.15, 0.2) is 0 Å². The van der Waals surface area contributed by atoms with Gasteiger partial charge in [-0.1, -0.05) is 38.1 Å². The Morgan fingerprint density at radius 1 is 1.25 bits per heavy atom. The van der Waals surface area contributed by atoms with Crippen LogP contribution in [-0.4, -0.2) is 56.6 Å². The van der Waals surface area contributed by atoms with Crippen LogP contribution in [0.15, 0.2) is 24.3 Å². The fourth-order valence-corrected chi connectivity index (χ4v) is 1.56. The summed E-state index contributed by atoms with van der Waals surface area (Å²) in [5, 5.41) is 8.85. The van der Waals surface area contributed by atoms with Gasteiger partial charge < -0.3 is 7.96 Å².